The van der Waals surface area contributed by atoms with Crippen LogP contribution in [0.25, 0.3) is 0 Å². The maximum atomic E-state index is 11.7. The summed E-state index contributed by atoms with van der Waals surface area (Å²) >= 11 is 0. The van der Waals surface area contributed by atoms with Crippen molar-refractivity contribution in [3.05, 3.63) is 17.1 Å². The molecule has 0 spiro atoms. The van der Waals surface area contributed by atoms with E-state index in [1.165, 1.54) is 0 Å². The van der Waals surface area contributed by atoms with Gasteiger partial charge in [-0.05, 0) is 12.8 Å². The van der Waals surface area contributed by atoms with E-state index in [0.717, 1.165) is 61.8 Å². The summed E-state index contributed by atoms with van der Waals surface area (Å²) in [5, 5.41) is 6.52. The number of nitrogens with zero attached hydrogens (tertiary/aromatic N) is 3. The van der Waals surface area contributed by atoms with Gasteiger partial charge in [0, 0.05) is 45.6 Å². The third-order valence-electron chi connectivity index (χ3n) is 4.14. The number of anilines is 1. The number of carbonyl (C=O) groups is 1. The first-order valence-corrected chi connectivity index (χ1v) is 7.26. The van der Waals surface area contributed by atoms with Crippen LogP contribution in [0.3, 0.4) is 0 Å². The van der Waals surface area contributed by atoms with Crippen molar-refractivity contribution in [1.82, 2.24) is 20.2 Å². The number of likely N-dealkylation sites (tertiary alicyclic amines) is 1. The molecule has 6 heteroatoms. The van der Waals surface area contributed by atoms with Crippen molar-refractivity contribution in [3.63, 3.8) is 0 Å². The Bertz CT molecular complexity index is 513. The number of aromatic nitrogens is 2. The fourth-order valence-electron chi connectivity index (χ4n) is 3.13. The van der Waals surface area contributed by atoms with Crippen LogP contribution >= 0.6 is 0 Å². The number of hydrogen-bond donors (Lipinski definition) is 2. The van der Waals surface area contributed by atoms with Crippen molar-refractivity contribution in [2.45, 2.75) is 38.8 Å². The zero-order chi connectivity index (χ0) is 14.1. The third kappa shape index (κ3) is 2.24. The summed E-state index contributed by atoms with van der Waals surface area (Å²) in [6.07, 6.45) is 2.91. The van der Waals surface area contributed by atoms with Gasteiger partial charge in [0.25, 0.3) is 0 Å². The Hall–Kier alpha value is -1.69. The lowest BCUT2D eigenvalue weighted by Gasteiger charge is -2.25. The normalized spacial score (nSPS) is 21.7. The smallest absolute Gasteiger partial charge is 0.220 e. The zero-order valence-electron chi connectivity index (χ0n) is 12.1. The van der Waals surface area contributed by atoms with Crippen LogP contribution in [0, 0.1) is 0 Å². The van der Waals surface area contributed by atoms with Crippen LogP contribution in [0.4, 0.5) is 5.82 Å². The number of amides is 1. The molecule has 1 atom stereocenters. The van der Waals surface area contributed by atoms with Gasteiger partial charge in [-0.1, -0.05) is 0 Å². The molecule has 0 aromatic carbocycles. The molecule has 1 fully saturated rings. The first-order valence-electron chi connectivity index (χ1n) is 7.26. The predicted octanol–water partition coefficient (Wildman–Crippen LogP) is 0.847. The molecule has 0 bridgehead atoms. The second-order valence-electron chi connectivity index (χ2n) is 5.40. The van der Waals surface area contributed by atoms with Gasteiger partial charge in [-0.15, -0.1) is 0 Å². The van der Waals surface area contributed by atoms with Crippen LogP contribution in [0.1, 0.15) is 42.9 Å². The molecule has 3 heterocycles. The molecule has 0 unspecified atom stereocenters. The lowest BCUT2D eigenvalue weighted by molar-refractivity contribution is -0.129. The SMILES string of the molecule is CNc1nc([C@H]2CCCN2C(C)=O)nc2c1CNCC2. The van der Waals surface area contributed by atoms with E-state index < -0.39 is 0 Å². The second-order valence-corrected chi connectivity index (χ2v) is 5.40. The van der Waals surface area contributed by atoms with Crippen molar-refractivity contribution >= 4 is 11.7 Å². The van der Waals surface area contributed by atoms with Crippen LogP contribution in [-0.4, -0.2) is 40.9 Å². The summed E-state index contributed by atoms with van der Waals surface area (Å²) in [5.41, 5.74) is 2.28. The Balaban J connectivity index is 1.99. The Labute approximate surface area is 119 Å². The van der Waals surface area contributed by atoms with Crippen LogP contribution in [0.15, 0.2) is 0 Å². The van der Waals surface area contributed by atoms with E-state index in [-0.39, 0.29) is 11.9 Å². The molecule has 1 amide bonds. The van der Waals surface area contributed by atoms with Crippen molar-refractivity contribution in [1.29, 1.82) is 0 Å². The van der Waals surface area contributed by atoms with Gasteiger partial charge >= 0.3 is 0 Å². The first-order chi connectivity index (χ1) is 9.70. The highest BCUT2D eigenvalue weighted by atomic mass is 16.2. The Morgan fingerprint density at radius 2 is 2.30 bits per heavy atom. The van der Waals surface area contributed by atoms with Gasteiger partial charge < -0.3 is 15.5 Å². The minimum Gasteiger partial charge on any atom is -0.373 e. The number of fused-ring (bicyclic) bond motifs is 1. The van der Waals surface area contributed by atoms with Crippen molar-refractivity contribution in [3.8, 4) is 0 Å². The number of rotatable bonds is 2. The molecule has 1 saturated heterocycles. The van der Waals surface area contributed by atoms with Gasteiger partial charge in [-0.3, -0.25) is 4.79 Å². The number of carbonyl (C=O) groups excluding carboxylic acids is 1. The quantitative estimate of drug-likeness (QED) is 0.837. The number of nitrogens with one attached hydrogen (secondary N) is 2. The summed E-state index contributed by atoms with van der Waals surface area (Å²) in [5.74, 6) is 1.80. The molecule has 2 aliphatic rings. The molecule has 0 aliphatic carbocycles. The molecule has 20 heavy (non-hydrogen) atoms. The van der Waals surface area contributed by atoms with E-state index in [2.05, 4.69) is 15.6 Å². The second kappa shape index (κ2) is 5.36. The summed E-state index contributed by atoms with van der Waals surface area (Å²) in [7, 11) is 1.89. The summed E-state index contributed by atoms with van der Waals surface area (Å²) in [4.78, 5) is 23.0. The highest BCUT2D eigenvalue weighted by molar-refractivity contribution is 5.74. The Morgan fingerprint density at radius 1 is 1.45 bits per heavy atom. The van der Waals surface area contributed by atoms with Gasteiger partial charge in [-0.25, -0.2) is 9.97 Å². The van der Waals surface area contributed by atoms with E-state index in [1.54, 1.807) is 6.92 Å². The summed E-state index contributed by atoms with van der Waals surface area (Å²) in [6.45, 7) is 4.21. The highest BCUT2D eigenvalue weighted by Crippen LogP contribution is 2.32. The van der Waals surface area contributed by atoms with Crippen LogP contribution in [0.2, 0.25) is 0 Å². The number of hydrogen-bond acceptors (Lipinski definition) is 5. The largest absolute Gasteiger partial charge is 0.373 e. The highest BCUT2D eigenvalue weighted by Gasteiger charge is 2.31. The van der Waals surface area contributed by atoms with E-state index in [4.69, 9.17) is 4.98 Å². The lowest BCUT2D eigenvalue weighted by atomic mass is 10.1. The molecule has 6 nitrogen and oxygen atoms in total. The lowest BCUT2D eigenvalue weighted by Crippen LogP contribution is -2.31. The minimum absolute atomic E-state index is 0.0415. The predicted molar refractivity (Wildman–Crippen MR) is 76.4 cm³/mol. The minimum atomic E-state index is 0.0415. The fraction of sp³-hybridized carbons (Fsp3) is 0.643. The average molecular weight is 275 g/mol. The van der Waals surface area contributed by atoms with Gasteiger partial charge in [0.05, 0.1) is 11.7 Å². The van der Waals surface area contributed by atoms with Gasteiger partial charge in [0.15, 0.2) is 5.82 Å². The molecule has 1 aromatic heterocycles. The van der Waals surface area contributed by atoms with Crippen LogP contribution < -0.4 is 10.6 Å². The van der Waals surface area contributed by atoms with Crippen molar-refractivity contribution in [2.24, 2.45) is 0 Å². The Kier molecular flexibility index (Phi) is 3.56. The average Bonchev–Trinajstić information content (AvgIpc) is 2.95. The monoisotopic (exact) mass is 275 g/mol. The molecule has 1 aromatic rings. The molecule has 3 rings (SSSR count). The molecule has 2 N–H and O–H groups in total. The summed E-state index contributed by atoms with van der Waals surface area (Å²) < 4.78 is 0. The molecular formula is C14H21N5O. The zero-order valence-corrected chi connectivity index (χ0v) is 12.1. The van der Waals surface area contributed by atoms with Crippen LogP contribution in [0.5, 0.6) is 0 Å². The van der Waals surface area contributed by atoms with Crippen molar-refractivity contribution < 1.29 is 4.79 Å². The maximum absolute atomic E-state index is 11.7. The van der Waals surface area contributed by atoms with Crippen LogP contribution in [-0.2, 0) is 17.8 Å². The molecular weight excluding hydrogens is 254 g/mol. The molecule has 0 radical (unpaired) electrons. The van der Waals surface area contributed by atoms with Gasteiger partial charge in [0.1, 0.15) is 5.82 Å². The van der Waals surface area contributed by atoms with E-state index in [0.29, 0.717) is 0 Å². The third-order valence-corrected chi connectivity index (χ3v) is 4.14. The Morgan fingerprint density at radius 3 is 3.05 bits per heavy atom. The topological polar surface area (TPSA) is 70.2 Å². The molecule has 0 saturated carbocycles. The molecule has 2 aliphatic heterocycles. The standard InChI is InChI=1S/C14H21N5O/c1-9(20)19-7-3-4-12(19)14-17-11-5-6-16-8-10(11)13(15-2)18-14/h12,16H,3-8H2,1-2H3,(H,15,17,18)/t12-/m1/s1. The van der Waals surface area contributed by atoms with Gasteiger partial charge in [-0.2, -0.15) is 0 Å². The first kappa shape index (κ1) is 13.3. The maximum Gasteiger partial charge on any atom is 0.220 e. The molecule has 108 valence electrons. The summed E-state index contributed by atoms with van der Waals surface area (Å²) in [6, 6.07) is 0.0415. The van der Waals surface area contributed by atoms with E-state index in [1.807, 2.05) is 11.9 Å². The van der Waals surface area contributed by atoms with Crippen molar-refractivity contribution in [2.75, 3.05) is 25.5 Å². The fourth-order valence-corrected chi connectivity index (χ4v) is 3.13. The van der Waals surface area contributed by atoms with Gasteiger partial charge in [0.2, 0.25) is 5.91 Å². The van der Waals surface area contributed by atoms with E-state index in [9.17, 15) is 4.79 Å². The van der Waals surface area contributed by atoms with E-state index >= 15 is 0 Å².